The van der Waals surface area contributed by atoms with Crippen molar-refractivity contribution in [3.8, 4) is 0 Å². The summed E-state index contributed by atoms with van der Waals surface area (Å²) in [5.41, 5.74) is 5.65. The number of hydrogen-bond acceptors (Lipinski definition) is 3. The summed E-state index contributed by atoms with van der Waals surface area (Å²) in [4.78, 5) is 2.07. The van der Waals surface area contributed by atoms with E-state index in [9.17, 15) is 0 Å². The number of piperidine rings is 1. The number of nitrogens with two attached hydrogens (primary N) is 2. The minimum Gasteiger partial charge on any atom is -0.368 e. The van der Waals surface area contributed by atoms with Crippen LogP contribution in [0.3, 0.4) is 0 Å². The van der Waals surface area contributed by atoms with Crippen molar-refractivity contribution in [2.75, 3.05) is 18.8 Å². The van der Waals surface area contributed by atoms with Gasteiger partial charge in [-0.05, 0) is 18.6 Å². The summed E-state index contributed by atoms with van der Waals surface area (Å²) >= 11 is 1.99. The number of hydrogen-bond donors (Lipinski definition) is 2. The topological polar surface area (TPSA) is 67.6 Å². The van der Waals surface area contributed by atoms with Crippen LogP contribution < -0.4 is 11.6 Å². The lowest BCUT2D eigenvalue weighted by Crippen LogP contribution is -2.45. The first kappa shape index (κ1) is 10.5. The third kappa shape index (κ3) is 2.99. The molecule has 1 rings (SSSR count). The third-order valence-corrected chi connectivity index (χ3v) is 3.43. The molecule has 0 spiro atoms. The number of rotatable bonds is 2. The van der Waals surface area contributed by atoms with Crippen LogP contribution in [0.2, 0.25) is 0 Å². The van der Waals surface area contributed by atoms with Crippen LogP contribution in [-0.4, -0.2) is 35.0 Å². The molecule has 4 N–H and O–H groups in total. The van der Waals surface area contributed by atoms with Crippen molar-refractivity contribution in [1.29, 1.82) is 0 Å². The molecule has 0 aliphatic carbocycles. The van der Waals surface area contributed by atoms with E-state index in [0.29, 0.717) is 11.2 Å². The number of likely N-dealkylation sites (tertiary alicyclic amines) is 1. The van der Waals surface area contributed by atoms with Gasteiger partial charge >= 0.3 is 0 Å². The van der Waals surface area contributed by atoms with Crippen molar-refractivity contribution >= 4 is 17.7 Å². The van der Waals surface area contributed by atoms with Crippen molar-refractivity contribution in [2.24, 2.45) is 16.7 Å². The fourth-order valence-corrected chi connectivity index (χ4v) is 2.69. The zero-order valence-corrected chi connectivity index (χ0v) is 8.89. The molecule has 1 atom stereocenters. The monoisotopic (exact) mass is 202 g/mol. The van der Waals surface area contributed by atoms with E-state index >= 15 is 0 Å². The van der Waals surface area contributed by atoms with Gasteiger partial charge in [-0.25, -0.2) is 0 Å². The SMILES string of the molecule is CCSC1CCCN(/C(N)=N/N)C1. The van der Waals surface area contributed by atoms with Crippen LogP contribution in [-0.2, 0) is 0 Å². The van der Waals surface area contributed by atoms with E-state index in [1.807, 2.05) is 11.8 Å². The highest BCUT2D eigenvalue weighted by atomic mass is 32.2. The maximum Gasteiger partial charge on any atom is 0.213 e. The van der Waals surface area contributed by atoms with Gasteiger partial charge in [-0.1, -0.05) is 6.92 Å². The predicted molar refractivity (Wildman–Crippen MR) is 58.5 cm³/mol. The molecule has 1 heterocycles. The maximum atomic E-state index is 5.65. The van der Waals surface area contributed by atoms with Gasteiger partial charge in [0.15, 0.2) is 0 Å². The molecule has 0 amide bonds. The molecule has 4 nitrogen and oxygen atoms in total. The first-order valence-electron chi connectivity index (χ1n) is 4.67. The Hall–Kier alpha value is -0.580. The highest BCUT2D eigenvalue weighted by Gasteiger charge is 2.20. The molecule has 13 heavy (non-hydrogen) atoms. The van der Waals surface area contributed by atoms with E-state index in [4.69, 9.17) is 11.6 Å². The number of thioether (sulfide) groups is 1. The standard InChI is InChI=1S/C8H18N4S/c1-2-13-7-4-3-5-12(6-7)8(9)11-10/h7H,2-6,10H2,1H3,(H2,9,11). The Labute approximate surface area is 83.7 Å². The fourth-order valence-electron chi connectivity index (χ4n) is 1.60. The minimum atomic E-state index is 0.474. The van der Waals surface area contributed by atoms with Gasteiger partial charge in [0.05, 0.1) is 0 Å². The lowest BCUT2D eigenvalue weighted by molar-refractivity contribution is 0.345. The first-order valence-corrected chi connectivity index (χ1v) is 5.72. The molecule has 1 saturated heterocycles. The van der Waals surface area contributed by atoms with E-state index in [2.05, 4.69) is 16.9 Å². The molecule has 76 valence electrons. The predicted octanol–water partition coefficient (Wildman–Crippen LogP) is 0.392. The van der Waals surface area contributed by atoms with Crippen molar-refractivity contribution in [3.63, 3.8) is 0 Å². The summed E-state index contributed by atoms with van der Waals surface area (Å²) < 4.78 is 0. The lowest BCUT2D eigenvalue weighted by atomic mass is 10.1. The Balaban J connectivity index is 2.41. The van der Waals surface area contributed by atoms with Crippen LogP contribution in [0.15, 0.2) is 5.10 Å². The van der Waals surface area contributed by atoms with E-state index in [0.717, 1.165) is 18.8 Å². The van der Waals surface area contributed by atoms with E-state index in [1.54, 1.807) is 0 Å². The van der Waals surface area contributed by atoms with Crippen LogP contribution in [0.5, 0.6) is 0 Å². The smallest absolute Gasteiger partial charge is 0.213 e. The molecule has 1 unspecified atom stereocenters. The van der Waals surface area contributed by atoms with Crippen LogP contribution in [0, 0.1) is 0 Å². The molecule has 1 fully saturated rings. The van der Waals surface area contributed by atoms with E-state index in [1.165, 1.54) is 12.8 Å². The Kier molecular flexibility index (Phi) is 4.21. The minimum absolute atomic E-state index is 0.474. The molecule has 0 aromatic carbocycles. The Morgan fingerprint density at radius 3 is 3.08 bits per heavy atom. The van der Waals surface area contributed by atoms with Crippen LogP contribution in [0.4, 0.5) is 0 Å². The molecule has 0 bridgehead atoms. The molecular weight excluding hydrogens is 184 g/mol. The largest absolute Gasteiger partial charge is 0.368 e. The van der Waals surface area contributed by atoms with Gasteiger partial charge in [-0.15, -0.1) is 5.10 Å². The highest BCUT2D eigenvalue weighted by molar-refractivity contribution is 7.99. The fraction of sp³-hybridized carbons (Fsp3) is 0.875. The van der Waals surface area contributed by atoms with E-state index in [-0.39, 0.29) is 0 Å². The zero-order valence-electron chi connectivity index (χ0n) is 8.07. The zero-order chi connectivity index (χ0) is 9.68. The second-order valence-electron chi connectivity index (χ2n) is 3.15. The van der Waals surface area contributed by atoms with Gasteiger partial charge in [0.1, 0.15) is 0 Å². The molecule has 0 radical (unpaired) electrons. The van der Waals surface area contributed by atoms with Crippen molar-refractivity contribution in [1.82, 2.24) is 4.90 Å². The summed E-state index contributed by atoms with van der Waals surface area (Å²) in [7, 11) is 0. The van der Waals surface area contributed by atoms with Gasteiger partial charge < -0.3 is 16.5 Å². The summed E-state index contributed by atoms with van der Waals surface area (Å²) in [6, 6.07) is 0. The van der Waals surface area contributed by atoms with Crippen LogP contribution in [0.1, 0.15) is 19.8 Å². The Morgan fingerprint density at radius 2 is 2.46 bits per heavy atom. The summed E-state index contributed by atoms with van der Waals surface area (Å²) in [5.74, 6) is 6.78. The molecular formula is C8H18N4S. The van der Waals surface area contributed by atoms with Gasteiger partial charge in [0, 0.05) is 18.3 Å². The Morgan fingerprint density at radius 1 is 1.69 bits per heavy atom. The van der Waals surface area contributed by atoms with Crippen LogP contribution in [0.25, 0.3) is 0 Å². The van der Waals surface area contributed by atoms with Gasteiger partial charge in [-0.3, -0.25) is 0 Å². The lowest BCUT2D eigenvalue weighted by Gasteiger charge is -2.32. The summed E-state index contributed by atoms with van der Waals surface area (Å²) in [6.07, 6.45) is 2.47. The first-order chi connectivity index (χ1) is 6.27. The highest BCUT2D eigenvalue weighted by Crippen LogP contribution is 2.21. The second-order valence-corrected chi connectivity index (χ2v) is 4.73. The van der Waals surface area contributed by atoms with Crippen molar-refractivity contribution < 1.29 is 0 Å². The average Bonchev–Trinajstić information content (AvgIpc) is 2.18. The van der Waals surface area contributed by atoms with Gasteiger partial charge in [-0.2, -0.15) is 11.8 Å². The molecule has 0 saturated carbocycles. The Bertz CT molecular complexity index is 181. The maximum absolute atomic E-state index is 5.65. The van der Waals surface area contributed by atoms with E-state index < -0.39 is 0 Å². The molecule has 0 aromatic rings. The molecule has 5 heteroatoms. The third-order valence-electron chi connectivity index (χ3n) is 2.24. The van der Waals surface area contributed by atoms with Gasteiger partial charge in [0.25, 0.3) is 0 Å². The normalized spacial score (nSPS) is 24.8. The second kappa shape index (κ2) is 5.21. The van der Waals surface area contributed by atoms with Crippen molar-refractivity contribution in [2.45, 2.75) is 25.0 Å². The van der Waals surface area contributed by atoms with Gasteiger partial charge in [0.2, 0.25) is 5.96 Å². The molecule has 0 aromatic heterocycles. The number of guanidine groups is 1. The van der Waals surface area contributed by atoms with Crippen LogP contribution >= 0.6 is 11.8 Å². The number of nitrogens with zero attached hydrogens (tertiary/aromatic N) is 2. The summed E-state index contributed by atoms with van der Waals surface area (Å²) in [6.45, 7) is 4.17. The quantitative estimate of drug-likeness (QED) is 0.294. The summed E-state index contributed by atoms with van der Waals surface area (Å²) in [5, 5.41) is 4.21. The number of hydrazone groups is 1. The van der Waals surface area contributed by atoms with Crippen molar-refractivity contribution in [3.05, 3.63) is 0 Å². The molecule has 1 aliphatic heterocycles. The molecule has 1 aliphatic rings. The average molecular weight is 202 g/mol.